The molecule has 0 radical (unpaired) electrons. The summed E-state index contributed by atoms with van der Waals surface area (Å²) in [7, 11) is 4.38. The summed E-state index contributed by atoms with van der Waals surface area (Å²) in [4.78, 5) is 39.8. The van der Waals surface area contributed by atoms with Crippen molar-refractivity contribution in [3.8, 4) is 11.8 Å². The van der Waals surface area contributed by atoms with Crippen molar-refractivity contribution < 1.29 is 24.2 Å². The topological polar surface area (TPSA) is 105 Å². The molecular weight excluding hydrogens is 1140 g/mol. The molecule has 1 aromatic carbocycles. The number of esters is 2. The standard InChI is InChI=1S/C79H95N3O5S2/c1-43-29-48-31-55-45-19-26-73-42-82-60-18-7-14-51-15-8-23-75(51)24-10-25-76(75)37-49(35-72(76)21-4-5-22-72)61(82)34-62(83)69-77-27-20-53-65-56-38-74(43,66(53)67(48)81(68(55)73)39-57(60)59(73)32-45)36-50-41-89-88-40-46-11-2-3-16-52(46)47(30-54(50)56)33-63(78(65,77)71(85)86-69)79(77)58-17-6-12-44(13-9-28-80)64(58)70(84)87-79/h6,12,17,19,26,30,43,45-47,49-52,55-57,59-61,63,66,68,83H,2-5,8-11,13,15-16,18,20-25,27-29,31-42,80H2,1H3/b54-30?,69-62-/t43-,45+,46+,47+,49-,50+,51-,52-,55-,56+,57+,59-,60-,61+,63-,66+,68-,73+,74+,75-,76+,77+,78+,79+/m0/s1. The summed E-state index contributed by atoms with van der Waals surface area (Å²) < 4.78 is 15.4. The molecule has 8 nitrogen and oxygen atoms in total. The lowest BCUT2D eigenvalue weighted by atomic mass is 9.26. The minimum absolute atomic E-state index is 0.0152. The van der Waals surface area contributed by atoms with Crippen LogP contribution in [-0.2, 0) is 26.3 Å². The molecule has 23 rings (SSSR count). The third kappa shape index (κ3) is 5.84. The Bertz CT molecular complexity index is 3650. The summed E-state index contributed by atoms with van der Waals surface area (Å²) >= 11 is 0. The van der Waals surface area contributed by atoms with Gasteiger partial charge in [0, 0.05) is 95.9 Å². The molecule has 3 saturated heterocycles. The van der Waals surface area contributed by atoms with Crippen LogP contribution in [0.5, 0.6) is 0 Å². The lowest BCUT2D eigenvalue weighted by molar-refractivity contribution is -0.284. The monoisotopic (exact) mass is 1230 g/mol. The molecule has 8 spiro atoms. The fourth-order valence-electron chi connectivity index (χ4n) is 31.7. The van der Waals surface area contributed by atoms with E-state index in [2.05, 4.69) is 86.6 Å². The Hall–Kier alpha value is -3.36. The van der Waals surface area contributed by atoms with Gasteiger partial charge in [0.1, 0.15) is 11.2 Å². The highest BCUT2D eigenvalue weighted by Gasteiger charge is 2.95. The molecule has 10 heteroatoms. The van der Waals surface area contributed by atoms with Gasteiger partial charge in [0.05, 0.1) is 11.0 Å². The molecular formula is C79H95N3O5S2. The quantitative estimate of drug-likeness (QED) is 0.132. The minimum atomic E-state index is -1.19. The van der Waals surface area contributed by atoms with Gasteiger partial charge >= 0.3 is 11.9 Å². The number of nitrogens with zero attached hydrogens (tertiary/aromatic N) is 2. The van der Waals surface area contributed by atoms with E-state index in [0.29, 0.717) is 108 Å². The molecule has 14 aliphatic carbocycles. The van der Waals surface area contributed by atoms with E-state index in [9.17, 15) is 5.11 Å². The highest BCUT2D eigenvalue weighted by Crippen LogP contribution is 2.90. The van der Waals surface area contributed by atoms with E-state index < -0.39 is 16.4 Å². The number of hydrogen-bond acceptors (Lipinski definition) is 10. The van der Waals surface area contributed by atoms with Crippen LogP contribution in [0.25, 0.3) is 0 Å². The molecule has 24 atom stereocenters. The maximum atomic E-state index is 17.5. The Morgan fingerprint density at radius 3 is 2.65 bits per heavy atom. The molecule has 8 saturated carbocycles. The zero-order valence-electron chi connectivity index (χ0n) is 53.0. The van der Waals surface area contributed by atoms with Gasteiger partial charge in [-0.3, -0.25) is 9.69 Å². The molecule has 0 aromatic heterocycles. The second-order valence-corrected chi connectivity index (χ2v) is 37.9. The van der Waals surface area contributed by atoms with Crippen LogP contribution in [-0.4, -0.2) is 76.1 Å². The third-order valence-electron chi connectivity index (χ3n) is 33.8. The summed E-state index contributed by atoms with van der Waals surface area (Å²) in [5, 5.41) is 14.8. The number of nitrogens with two attached hydrogens (primary N) is 1. The smallest absolute Gasteiger partial charge is 0.339 e. The maximum Gasteiger partial charge on any atom is 0.339 e. The van der Waals surface area contributed by atoms with Crippen molar-refractivity contribution in [3.05, 3.63) is 92.6 Å². The SMILES string of the molecule is C[C@H]1CC2=C3[C@H]4C5=C6[C@@H]7C[C@@]41C[C@@H]1CSSC[C@H]4CCCC[C@@H]4[C@H](C=C17)C[C@H]1[C@]64C(=O)O/C(=C(\O)C[C@@H]6[C@H]7CC8(CCCC8)[C@@]8(CCC[C@]89CCC[C@@H]9C#CC[C@H]8[C@@H]9CN3[C@H]3[C@@H](C2)[C@@H]2C=C[C@@]3(CN68)[C@H]9C2)C7)[C@@]4(CC5)[C@]12OC(=O)c1c(CCCN)cccc12. The van der Waals surface area contributed by atoms with Crippen LogP contribution < -0.4 is 5.73 Å². The van der Waals surface area contributed by atoms with Crippen LogP contribution in [0.2, 0.25) is 0 Å². The van der Waals surface area contributed by atoms with E-state index >= 15 is 9.59 Å². The average molecular weight is 1230 g/mol. The predicted molar refractivity (Wildman–Crippen MR) is 347 cm³/mol. The number of rotatable bonds is 3. The number of aliphatic hydroxyl groups is 1. The number of fused-ring (bicyclic) bond motifs is 10. The fourth-order valence-corrected chi connectivity index (χ4v) is 34.6. The molecule has 0 unspecified atom stereocenters. The van der Waals surface area contributed by atoms with Crippen LogP contribution in [0.1, 0.15) is 202 Å². The van der Waals surface area contributed by atoms with Gasteiger partial charge in [-0.2, -0.15) is 0 Å². The van der Waals surface area contributed by atoms with Crippen LogP contribution in [0, 0.1) is 133 Å². The zero-order chi connectivity index (χ0) is 58.7. The van der Waals surface area contributed by atoms with Gasteiger partial charge in [-0.25, -0.2) is 4.79 Å². The van der Waals surface area contributed by atoms with Crippen molar-refractivity contribution in [2.45, 2.75) is 210 Å². The third-order valence-corrected chi connectivity index (χ3v) is 36.4. The number of ether oxygens (including phenoxy) is 2. The molecule has 11 fully saturated rings. The van der Waals surface area contributed by atoms with Gasteiger partial charge in [-0.1, -0.05) is 121 Å². The van der Waals surface area contributed by atoms with E-state index in [1.165, 1.54) is 140 Å². The van der Waals surface area contributed by atoms with Gasteiger partial charge in [0.15, 0.2) is 11.4 Å². The Kier molecular flexibility index (Phi) is 10.8. The summed E-state index contributed by atoms with van der Waals surface area (Å²) in [5.41, 5.74) is 14.8. The second kappa shape index (κ2) is 17.8. The van der Waals surface area contributed by atoms with Crippen molar-refractivity contribution in [3.63, 3.8) is 0 Å². The molecule has 8 aliphatic heterocycles. The molecule has 0 amide bonds. The molecule has 3 N–H and O–H groups in total. The maximum absolute atomic E-state index is 17.5. The first-order valence-corrected chi connectivity index (χ1v) is 39.8. The lowest BCUT2D eigenvalue weighted by Crippen LogP contribution is -2.79. The molecule has 1 aromatic rings. The lowest BCUT2D eigenvalue weighted by Gasteiger charge is -2.76. The number of carbonyl (C=O) groups is 2. The van der Waals surface area contributed by atoms with Crippen LogP contribution >= 0.6 is 21.6 Å². The number of piperidine rings is 2. The van der Waals surface area contributed by atoms with E-state index in [1.54, 1.807) is 22.4 Å². The van der Waals surface area contributed by atoms with Crippen LogP contribution in [0.15, 0.2) is 75.9 Å². The number of carbonyl (C=O) groups excluding carboxylic acids is 2. The van der Waals surface area contributed by atoms with Gasteiger partial charge in [0.25, 0.3) is 0 Å². The summed E-state index contributed by atoms with van der Waals surface area (Å²) in [6.45, 7) is 5.43. The number of aliphatic hydroxyl groups excluding tert-OH is 1. The van der Waals surface area contributed by atoms with E-state index in [-0.39, 0.29) is 69.4 Å². The first kappa shape index (κ1) is 53.9. The molecule has 22 aliphatic rings. The average Bonchev–Trinajstić information content (AvgIpc) is 1.53. The minimum Gasteiger partial charge on any atom is -0.509 e. The van der Waals surface area contributed by atoms with Crippen LogP contribution in [0.4, 0.5) is 0 Å². The number of aryl methyl sites for hydroxylation is 1. The zero-order valence-corrected chi connectivity index (χ0v) is 54.6. The molecule has 16 bridgehead atoms. The summed E-state index contributed by atoms with van der Waals surface area (Å²) in [6.07, 6.45) is 40.8. The Balaban J connectivity index is 0.851. The van der Waals surface area contributed by atoms with Gasteiger partial charge < -0.3 is 25.2 Å². The first-order valence-electron chi connectivity index (χ1n) is 37.3. The number of benzene rings is 1. The Labute approximate surface area is 536 Å². The normalized spacial score (nSPS) is 53.4. The highest BCUT2D eigenvalue weighted by atomic mass is 33.1. The van der Waals surface area contributed by atoms with E-state index in [1.807, 2.05) is 0 Å². The Morgan fingerprint density at radius 1 is 0.854 bits per heavy atom. The van der Waals surface area contributed by atoms with Gasteiger partial charge in [0.2, 0.25) is 0 Å². The van der Waals surface area contributed by atoms with Crippen molar-refractivity contribution in [2.24, 2.45) is 126 Å². The number of allylic oxidation sites excluding steroid dienone is 5. The van der Waals surface area contributed by atoms with Crippen molar-refractivity contribution in [2.75, 3.05) is 31.1 Å². The molecule has 89 heavy (non-hydrogen) atoms. The van der Waals surface area contributed by atoms with Crippen molar-refractivity contribution in [1.82, 2.24) is 9.80 Å². The van der Waals surface area contributed by atoms with Crippen molar-refractivity contribution in [1.29, 1.82) is 0 Å². The van der Waals surface area contributed by atoms with Crippen LogP contribution in [0.3, 0.4) is 0 Å². The second-order valence-electron chi connectivity index (χ2n) is 35.3. The highest BCUT2D eigenvalue weighted by molar-refractivity contribution is 8.76. The van der Waals surface area contributed by atoms with Gasteiger partial charge in [-0.15, -0.1) is 5.92 Å². The summed E-state index contributed by atoms with van der Waals surface area (Å²) in [6, 6.07) is 7.43. The Morgan fingerprint density at radius 2 is 1.74 bits per heavy atom. The largest absolute Gasteiger partial charge is 0.509 e. The first-order chi connectivity index (χ1) is 43.5. The van der Waals surface area contributed by atoms with Crippen molar-refractivity contribution >= 4 is 33.5 Å². The van der Waals surface area contributed by atoms with E-state index in [0.717, 1.165) is 67.6 Å². The van der Waals surface area contributed by atoms with Gasteiger partial charge in [-0.05, 0) is 233 Å². The number of hydrogen-bond donors (Lipinski definition) is 2. The van der Waals surface area contributed by atoms with E-state index in [4.69, 9.17) is 15.2 Å². The molecule has 468 valence electrons. The molecule has 8 heterocycles. The predicted octanol–water partition coefficient (Wildman–Crippen LogP) is 15.4. The fraction of sp³-hybridized carbons (Fsp3) is 0.747. The summed E-state index contributed by atoms with van der Waals surface area (Å²) in [5.74, 6) is 17.0.